The standard InChI is InChI=1S/C20H23N3O5S/c24-16(11-28-12-17(25)26)23-20-18(14-6-2-1-3-7-15(14)29-20)19(27)22-10-13-5-4-8-21-9-13/h4-5,8-9H,1-3,6-7,10-12H2,(H,22,27)(H,23,24)(H,25,26). The highest BCUT2D eigenvalue weighted by atomic mass is 32.1. The van der Waals surface area contributed by atoms with Crippen LogP contribution in [0.15, 0.2) is 24.5 Å². The smallest absolute Gasteiger partial charge is 0.329 e. The van der Waals surface area contributed by atoms with Gasteiger partial charge < -0.3 is 20.5 Å². The molecule has 3 N–H and O–H groups in total. The molecule has 0 radical (unpaired) electrons. The summed E-state index contributed by atoms with van der Waals surface area (Å²) in [5.74, 6) is -1.87. The fraction of sp³-hybridized carbons (Fsp3) is 0.400. The second-order valence-corrected chi connectivity index (χ2v) is 7.85. The predicted octanol–water partition coefficient (Wildman–Crippen LogP) is 2.38. The molecule has 9 heteroatoms. The lowest BCUT2D eigenvalue weighted by Gasteiger charge is -2.10. The van der Waals surface area contributed by atoms with Crippen LogP contribution in [0.1, 0.15) is 45.6 Å². The van der Waals surface area contributed by atoms with Gasteiger partial charge in [0.2, 0.25) is 0 Å². The number of carbonyl (C=O) groups excluding carboxylic acids is 2. The summed E-state index contributed by atoms with van der Waals surface area (Å²) in [5, 5.41) is 14.7. The van der Waals surface area contributed by atoms with Crippen LogP contribution in [0, 0.1) is 0 Å². The number of hydrogen-bond acceptors (Lipinski definition) is 6. The summed E-state index contributed by atoms with van der Waals surface area (Å²) in [5.41, 5.74) is 2.38. The highest BCUT2D eigenvalue weighted by Gasteiger charge is 2.25. The van der Waals surface area contributed by atoms with E-state index in [0.29, 0.717) is 17.1 Å². The number of anilines is 1. The Kier molecular flexibility index (Phi) is 7.31. The third-order valence-electron chi connectivity index (χ3n) is 4.54. The first-order chi connectivity index (χ1) is 14.0. The van der Waals surface area contributed by atoms with Gasteiger partial charge in [-0.05, 0) is 42.9 Å². The van der Waals surface area contributed by atoms with Crippen molar-refractivity contribution in [3.63, 3.8) is 0 Å². The van der Waals surface area contributed by atoms with E-state index in [1.54, 1.807) is 18.5 Å². The number of carbonyl (C=O) groups is 3. The Morgan fingerprint density at radius 1 is 1.17 bits per heavy atom. The van der Waals surface area contributed by atoms with Crippen LogP contribution in [-0.2, 0) is 33.7 Å². The molecule has 0 bridgehead atoms. The third kappa shape index (κ3) is 5.85. The maximum absolute atomic E-state index is 13.0. The molecule has 0 spiro atoms. The molecule has 2 heterocycles. The molecule has 8 nitrogen and oxygen atoms in total. The highest BCUT2D eigenvalue weighted by molar-refractivity contribution is 7.17. The summed E-state index contributed by atoms with van der Waals surface area (Å²) in [6.45, 7) is -0.592. The van der Waals surface area contributed by atoms with Gasteiger partial charge in [0.25, 0.3) is 11.8 Å². The summed E-state index contributed by atoms with van der Waals surface area (Å²) < 4.78 is 4.84. The molecule has 3 rings (SSSR count). The molecule has 2 aromatic rings. The Morgan fingerprint density at radius 2 is 2.00 bits per heavy atom. The molecular formula is C20H23N3O5S. The topological polar surface area (TPSA) is 118 Å². The van der Waals surface area contributed by atoms with E-state index in [2.05, 4.69) is 15.6 Å². The van der Waals surface area contributed by atoms with Crippen molar-refractivity contribution in [2.75, 3.05) is 18.5 Å². The van der Waals surface area contributed by atoms with E-state index in [9.17, 15) is 14.4 Å². The number of rotatable bonds is 8. The van der Waals surface area contributed by atoms with Crippen molar-refractivity contribution < 1.29 is 24.2 Å². The number of aliphatic carboxylic acids is 1. The van der Waals surface area contributed by atoms with Crippen LogP contribution in [-0.4, -0.2) is 41.1 Å². The molecule has 0 unspecified atom stereocenters. The monoisotopic (exact) mass is 417 g/mol. The number of ether oxygens (including phenoxy) is 1. The van der Waals surface area contributed by atoms with E-state index in [0.717, 1.165) is 48.1 Å². The van der Waals surface area contributed by atoms with E-state index >= 15 is 0 Å². The Balaban J connectivity index is 1.75. The van der Waals surface area contributed by atoms with Crippen molar-refractivity contribution in [3.8, 4) is 0 Å². The van der Waals surface area contributed by atoms with Crippen molar-refractivity contribution >= 4 is 34.1 Å². The van der Waals surface area contributed by atoms with Crippen LogP contribution in [0.2, 0.25) is 0 Å². The summed E-state index contributed by atoms with van der Waals surface area (Å²) in [6.07, 6.45) is 8.21. The number of nitrogens with one attached hydrogen (secondary N) is 2. The normalized spacial score (nSPS) is 13.2. The van der Waals surface area contributed by atoms with E-state index in [1.807, 2.05) is 6.07 Å². The zero-order chi connectivity index (χ0) is 20.6. The number of thiophene rings is 1. The number of pyridine rings is 1. The summed E-state index contributed by atoms with van der Waals surface area (Å²) >= 11 is 1.42. The summed E-state index contributed by atoms with van der Waals surface area (Å²) in [4.78, 5) is 40.8. The van der Waals surface area contributed by atoms with Crippen LogP contribution in [0.3, 0.4) is 0 Å². The average Bonchev–Trinajstić information content (AvgIpc) is 2.87. The number of carboxylic acids is 1. The zero-order valence-corrected chi connectivity index (χ0v) is 16.7. The Labute approximate surface area is 172 Å². The molecule has 2 amide bonds. The SMILES string of the molecule is O=C(O)COCC(=O)Nc1sc2c(c1C(=O)NCc1cccnc1)CCCCC2. The largest absolute Gasteiger partial charge is 0.480 e. The molecule has 2 aromatic heterocycles. The Bertz CT molecular complexity index is 882. The molecule has 0 atom stereocenters. The van der Waals surface area contributed by atoms with Gasteiger partial charge in [-0.3, -0.25) is 14.6 Å². The van der Waals surface area contributed by atoms with Crippen LogP contribution in [0.5, 0.6) is 0 Å². The van der Waals surface area contributed by atoms with Gasteiger partial charge in [0, 0.05) is 23.8 Å². The van der Waals surface area contributed by atoms with E-state index in [4.69, 9.17) is 9.84 Å². The molecule has 0 fully saturated rings. The molecule has 154 valence electrons. The molecule has 1 aliphatic rings. The fourth-order valence-electron chi connectivity index (χ4n) is 3.24. The first-order valence-electron chi connectivity index (χ1n) is 9.45. The lowest BCUT2D eigenvalue weighted by atomic mass is 10.0. The number of amides is 2. The van der Waals surface area contributed by atoms with Gasteiger partial charge in [0.1, 0.15) is 18.2 Å². The Morgan fingerprint density at radius 3 is 2.76 bits per heavy atom. The highest BCUT2D eigenvalue weighted by Crippen LogP contribution is 2.37. The molecule has 0 saturated heterocycles. The second kappa shape index (κ2) is 10.1. The molecule has 0 aliphatic heterocycles. The minimum atomic E-state index is -1.14. The predicted molar refractivity (Wildman–Crippen MR) is 108 cm³/mol. The minimum absolute atomic E-state index is 0.241. The van der Waals surface area contributed by atoms with Gasteiger partial charge in [0.15, 0.2) is 0 Å². The fourth-order valence-corrected chi connectivity index (χ4v) is 4.54. The van der Waals surface area contributed by atoms with Gasteiger partial charge in [-0.1, -0.05) is 12.5 Å². The molecule has 0 saturated carbocycles. The van der Waals surface area contributed by atoms with Crippen LogP contribution in [0.4, 0.5) is 5.00 Å². The molecule has 1 aliphatic carbocycles. The van der Waals surface area contributed by atoms with Gasteiger partial charge in [-0.25, -0.2) is 4.79 Å². The lowest BCUT2D eigenvalue weighted by Crippen LogP contribution is -2.26. The van der Waals surface area contributed by atoms with Gasteiger partial charge in [-0.15, -0.1) is 11.3 Å². The van der Waals surface area contributed by atoms with Crippen molar-refractivity contribution in [1.29, 1.82) is 0 Å². The number of fused-ring (bicyclic) bond motifs is 1. The summed E-state index contributed by atoms with van der Waals surface area (Å²) in [6, 6.07) is 3.69. The van der Waals surface area contributed by atoms with Crippen molar-refractivity contribution in [2.45, 2.75) is 38.6 Å². The van der Waals surface area contributed by atoms with Crippen molar-refractivity contribution in [3.05, 3.63) is 46.1 Å². The minimum Gasteiger partial charge on any atom is -0.480 e. The quantitative estimate of drug-likeness (QED) is 0.568. The molecule has 29 heavy (non-hydrogen) atoms. The maximum Gasteiger partial charge on any atom is 0.329 e. The average molecular weight is 417 g/mol. The summed E-state index contributed by atoms with van der Waals surface area (Å²) in [7, 11) is 0. The number of aromatic nitrogens is 1. The lowest BCUT2D eigenvalue weighted by molar-refractivity contribution is -0.143. The van der Waals surface area contributed by atoms with E-state index in [-0.39, 0.29) is 12.5 Å². The first kappa shape index (κ1) is 20.9. The zero-order valence-electron chi connectivity index (χ0n) is 15.9. The molecular weight excluding hydrogens is 394 g/mol. The van der Waals surface area contributed by atoms with Gasteiger partial charge in [0.05, 0.1) is 5.56 Å². The molecule has 0 aromatic carbocycles. The number of carboxylic acid groups (broad SMARTS) is 1. The first-order valence-corrected chi connectivity index (χ1v) is 10.3. The Hall–Kier alpha value is -2.78. The number of nitrogens with zero attached hydrogens (tertiary/aromatic N) is 1. The second-order valence-electron chi connectivity index (χ2n) is 6.75. The maximum atomic E-state index is 13.0. The van der Waals surface area contributed by atoms with Crippen LogP contribution in [0.25, 0.3) is 0 Å². The van der Waals surface area contributed by atoms with Crippen molar-refractivity contribution in [2.24, 2.45) is 0 Å². The van der Waals surface area contributed by atoms with Crippen molar-refractivity contribution in [1.82, 2.24) is 10.3 Å². The number of aryl methyl sites for hydroxylation is 1. The van der Waals surface area contributed by atoms with E-state index < -0.39 is 18.5 Å². The van der Waals surface area contributed by atoms with Crippen LogP contribution < -0.4 is 10.6 Å². The van der Waals surface area contributed by atoms with E-state index in [1.165, 1.54) is 11.3 Å². The third-order valence-corrected chi connectivity index (χ3v) is 5.74. The van der Waals surface area contributed by atoms with Crippen LogP contribution >= 0.6 is 11.3 Å². The van der Waals surface area contributed by atoms with Gasteiger partial charge >= 0.3 is 5.97 Å². The number of hydrogen-bond donors (Lipinski definition) is 3. The van der Waals surface area contributed by atoms with Gasteiger partial charge in [-0.2, -0.15) is 0 Å².